The molecule has 11 N–H and O–H groups in total. The van der Waals surface area contributed by atoms with E-state index in [2.05, 4.69) is 40.7 Å². The van der Waals surface area contributed by atoms with Crippen molar-refractivity contribution < 1.29 is 98.9 Å². The first kappa shape index (κ1) is 53.3. The molecule has 0 aromatic heterocycles. The average Bonchev–Trinajstić information content (AvgIpc) is 3.31. The highest BCUT2D eigenvalue weighted by Crippen LogP contribution is 2.76. The molecule has 0 spiro atoms. The smallest absolute Gasteiger partial charge is 0.315 e. The summed E-state index contributed by atoms with van der Waals surface area (Å²) >= 11 is 0. The van der Waals surface area contributed by atoms with Crippen molar-refractivity contribution in [3.8, 4) is 0 Å². The van der Waals surface area contributed by atoms with Crippen LogP contribution in [0.3, 0.4) is 0 Å². The molecule has 394 valence electrons. The predicted molar refractivity (Wildman–Crippen MR) is 237 cm³/mol. The van der Waals surface area contributed by atoms with Gasteiger partial charge in [0.1, 0.15) is 73.2 Å². The molecule has 7 fully saturated rings. The first-order chi connectivity index (χ1) is 32.3. The molecule has 5 aliphatic carbocycles. The van der Waals surface area contributed by atoms with E-state index in [1.807, 2.05) is 6.92 Å². The van der Waals surface area contributed by atoms with Gasteiger partial charge in [0.2, 0.25) is 6.29 Å². The maximum atomic E-state index is 14.8. The van der Waals surface area contributed by atoms with Gasteiger partial charge in [0.25, 0.3) is 0 Å². The molecule has 8 rings (SSSR count). The molecule has 0 amide bonds. The number of allylic oxidation sites excluding steroid dienone is 2. The van der Waals surface area contributed by atoms with Crippen LogP contribution in [0.15, 0.2) is 11.6 Å². The standard InChI is InChI=1S/C49H78O20/c1-44(2)27-10-13-48(6)28(46(27,4)12-11-29(44)67-41-38(35(58)32(55)26(21-52)66-41)68-39-36(59)33(56)30(53)24(19-50)64-39)9-8-22-23-18-45(3,42(61)63-7)14-16-49(23,17-15-47(22,48)5)43(62)69-40-37(60)34(57)31(54)25(20-51)65-40/h8,23-41,50-60H,9-21H2,1-7H3/t23-,24+,25+,26+,27-,28+,29-,30+,31+,32+,33-,34-,35-,36+,37+,38+,39-,40-,41-,45-,46-,47+,48+,49-/m0/s1. The third-order valence-electron chi connectivity index (χ3n) is 19.8. The lowest BCUT2D eigenvalue weighted by molar-refractivity contribution is -0.378. The summed E-state index contributed by atoms with van der Waals surface area (Å²) in [5.74, 6) is -1.22. The summed E-state index contributed by atoms with van der Waals surface area (Å²) in [6, 6.07) is 0. The number of fused-ring (bicyclic) bond motifs is 7. The normalized spacial score (nSPS) is 52.8. The van der Waals surface area contributed by atoms with Crippen LogP contribution in [0, 0.1) is 50.2 Å². The summed E-state index contributed by atoms with van der Waals surface area (Å²) in [6.07, 6.45) is -16.4. The van der Waals surface area contributed by atoms with E-state index >= 15 is 0 Å². The van der Waals surface area contributed by atoms with Gasteiger partial charge in [-0.3, -0.25) is 9.59 Å². The van der Waals surface area contributed by atoms with Crippen LogP contribution in [0.5, 0.6) is 0 Å². The molecule has 0 aromatic rings. The van der Waals surface area contributed by atoms with E-state index < -0.39 is 152 Å². The Bertz CT molecular complexity index is 1910. The minimum Gasteiger partial charge on any atom is -0.469 e. The third-order valence-corrected chi connectivity index (χ3v) is 19.8. The molecule has 3 heterocycles. The predicted octanol–water partition coefficient (Wildman–Crippen LogP) is -0.706. The van der Waals surface area contributed by atoms with Crippen LogP contribution >= 0.6 is 0 Å². The van der Waals surface area contributed by atoms with Crippen LogP contribution in [-0.4, -0.2) is 193 Å². The number of rotatable bonds is 10. The quantitative estimate of drug-likeness (QED) is 0.0732. The topological polar surface area (TPSA) is 321 Å². The Kier molecular flexibility index (Phi) is 14.7. The number of hydrogen-bond acceptors (Lipinski definition) is 20. The van der Waals surface area contributed by atoms with Crippen molar-refractivity contribution in [1.29, 1.82) is 0 Å². The number of aliphatic hydroxyl groups excluding tert-OH is 11. The second-order valence-corrected chi connectivity index (χ2v) is 23.4. The Balaban J connectivity index is 1.07. The van der Waals surface area contributed by atoms with Crippen molar-refractivity contribution in [2.24, 2.45) is 50.2 Å². The summed E-state index contributed by atoms with van der Waals surface area (Å²) in [5, 5.41) is 116. The maximum absolute atomic E-state index is 14.8. The molecular formula is C49H78O20. The minimum absolute atomic E-state index is 0.0893. The highest BCUT2D eigenvalue weighted by molar-refractivity contribution is 5.81. The average molecular weight is 987 g/mol. The minimum atomic E-state index is -1.81. The summed E-state index contributed by atoms with van der Waals surface area (Å²) in [4.78, 5) is 28.3. The zero-order chi connectivity index (χ0) is 50.6. The van der Waals surface area contributed by atoms with E-state index in [9.17, 15) is 65.8 Å². The van der Waals surface area contributed by atoms with E-state index in [1.165, 1.54) is 7.11 Å². The molecule has 20 nitrogen and oxygen atoms in total. The first-order valence-corrected chi connectivity index (χ1v) is 24.9. The summed E-state index contributed by atoms with van der Waals surface area (Å²) in [5.41, 5.74) is -2.45. The fourth-order valence-electron chi connectivity index (χ4n) is 15.3. The second kappa shape index (κ2) is 19.1. The van der Waals surface area contributed by atoms with Gasteiger partial charge < -0.3 is 89.3 Å². The largest absolute Gasteiger partial charge is 0.469 e. The molecular weight excluding hydrogens is 909 g/mol. The van der Waals surface area contributed by atoms with Crippen LogP contribution in [0.1, 0.15) is 106 Å². The lowest BCUT2D eigenvalue weighted by atomic mass is 9.33. The molecule has 0 unspecified atom stereocenters. The Labute approximate surface area is 402 Å². The van der Waals surface area contributed by atoms with Crippen LogP contribution in [0.2, 0.25) is 0 Å². The van der Waals surface area contributed by atoms with Gasteiger partial charge in [-0.1, -0.05) is 46.3 Å². The van der Waals surface area contributed by atoms with Crippen LogP contribution in [-0.2, 0) is 42.7 Å². The van der Waals surface area contributed by atoms with Gasteiger partial charge in [0.15, 0.2) is 12.6 Å². The maximum Gasteiger partial charge on any atom is 0.315 e. The number of carbonyl (C=O) groups excluding carboxylic acids is 2. The number of carbonyl (C=O) groups is 2. The van der Waals surface area contributed by atoms with Crippen LogP contribution < -0.4 is 0 Å². The van der Waals surface area contributed by atoms with Crippen molar-refractivity contribution in [2.75, 3.05) is 26.9 Å². The number of aliphatic hydroxyl groups is 11. The highest BCUT2D eigenvalue weighted by atomic mass is 16.8. The third kappa shape index (κ3) is 8.26. The van der Waals surface area contributed by atoms with Gasteiger partial charge in [-0.25, -0.2) is 0 Å². The molecule has 20 heteroatoms. The number of esters is 2. The van der Waals surface area contributed by atoms with Gasteiger partial charge in [0, 0.05) is 0 Å². The summed E-state index contributed by atoms with van der Waals surface area (Å²) in [7, 11) is 1.36. The van der Waals surface area contributed by atoms with E-state index in [-0.39, 0.29) is 35.1 Å². The van der Waals surface area contributed by atoms with E-state index in [4.69, 9.17) is 33.2 Å². The zero-order valence-corrected chi connectivity index (χ0v) is 40.8. The molecule has 0 radical (unpaired) electrons. The van der Waals surface area contributed by atoms with Gasteiger partial charge >= 0.3 is 11.9 Å². The molecule has 3 aliphatic heterocycles. The molecule has 3 saturated heterocycles. The fraction of sp³-hybridized carbons (Fsp3) is 0.918. The molecule has 24 atom stereocenters. The molecule has 4 saturated carbocycles. The Morgan fingerprint density at radius 1 is 0.609 bits per heavy atom. The highest BCUT2D eigenvalue weighted by Gasteiger charge is 2.71. The van der Waals surface area contributed by atoms with Crippen molar-refractivity contribution in [3.63, 3.8) is 0 Å². The van der Waals surface area contributed by atoms with Gasteiger partial charge in [-0.15, -0.1) is 0 Å². The van der Waals surface area contributed by atoms with Gasteiger partial charge in [-0.2, -0.15) is 0 Å². The van der Waals surface area contributed by atoms with Crippen molar-refractivity contribution >= 4 is 11.9 Å². The Morgan fingerprint density at radius 3 is 1.75 bits per heavy atom. The Morgan fingerprint density at radius 2 is 1.16 bits per heavy atom. The van der Waals surface area contributed by atoms with Crippen LogP contribution in [0.4, 0.5) is 0 Å². The lowest BCUT2D eigenvalue weighted by Crippen LogP contribution is -2.67. The zero-order valence-electron chi connectivity index (χ0n) is 40.8. The molecule has 8 aliphatic rings. The van der Waals surface area contributed by atoms with Gasteiger partial charge in [-0.05, 0) is 111 Å². The molecule has 69 heavy (non-hydrogen) atoms. The fourth-order valence-corrected chi connectivity index (χ4v) is 15.3. The number of ether oxygens (including phenoxy) is 7. The van der Waals surface area contributed by atoms with E-state index in [0.717, 1.165) is 24.8 Å². The first-order valence-electron chi connectivity index (χ1n) is 24.9. The molecule has 0 aromatic carbocycles. The van der Waals surface area contributed by atoms with Crippen molar-refractivity contribution in [1.82, 2.24) is 0 Å². The van der Waals surface area contributed by atoms with E-state index in [1.54, 1.807) is 0 Å². The molecule has 0 bridgehead atoms. The van der Waals surface area contributed by atoms with Crippen molar-refractivity contribution in [2.45, 2.75) is 204 Å². The lowest BCUT2D eigenvalue weighted by Gasteiger charge is -2.71. The SMILES string of the molecule is COC(=O)[C@@]1(C)CC[C@]2(C(=O)O[C@@H]3O[C@H](CO)[C@@H](O)[C@H](O)[C@H]3O)CC[C@]3(C)C(=CC[C@@H]4[C@@]5(C)CC[C@H](O[C@@H]6O[C@H](CO)[C@@H](O)[C@H](O)[C@H]6O[C@@H]6O[C@H](CO)[C@@H](O)[C@H](O)[C@H]6O)C(C)(C)[C@@H]5CC[C@]43C)[C@@H]2C1. The van der Waals surface area contributed by atoms with Crippen LogP contribution in [0.25, 0.3) is 0 Å². The summed E-state index contributed by atoms with van der Waals surface area (Å²) in [6.45, 7) is 11.1. The van der Waals surface area contributed by atoms with E-state index in [0.29, 0.717) is 38.5 Å². The Hall–Kier alpha value is -1.96. The monoisotopic (exact) mass is 987 g/mol. The summed E-state index contributed by atoms with van der Waals surface area (Å²) < 4.78 is 41.4. The van der Waals surface area contributed by atoms with Gasteiger partial charge in [0.05, 0.1) is 43.9 Å². The number of methoxy groups -OCH3 is 1. The number of hydrogen-bond donors (Lipinski definition) is 11. The second-order valence-electron chi connectivity index (χ2n) is 23.4. The van der Waals surface area contributed by atoms with Crippen molar-refractivity contribution in [3.05, 3.63) is 11.6 Å².